The number of anilines is 1. The third kappa shape index (κ3) is 7.68. The van der Waals surface area contributed by atoms with Crippen LogP contribution in [0.3, 0.4) is 0 Å². The fourth-order valence-corrected chi connectivity index (χ4v) is 2.61. The lowest BCUT2D eigenvalue weighted by Crippen LogP contribution is -2.41. The summed E-state index contributed by atoms with van der Waals surface area (Å²) in [6, 6.07) is 5.52. The molecule has 6 heteroatoms. The number of hydrogen-bond donors (Lipinski definition) is 1. The van der Waals surface area contributed by atoms with Gasteiger partial charge in [-0.25, -0.2) is 0 Å². The Morgan fingerprint density at radius 2 is 1.50 bits per heavy atom. The first-order valence-electron chi connectivity index (χ1n) is 9.15. The van der Waals surface area contributed by atoms with E-state index in [1.807, 2.05) is 46.1 Å². The summed E-state index contributed by atoms with van der Waals surface area (Å²) < 4.78 is 10.1. The molecule has 0 aromatic heterocycles. The van der Waals surface area contributed by atoms with Crippen molar-refractivity contribution in [1.82, 2.24) is 0 Å². The molecule has 0 aliphatic rings. The molecule has 0 bridgehead atoms. The molecule has 0 amide bonds. The number of thioether (sulfide) groups is 1. The number of nitrogen functional groups attached to an aromatic ring is 1. The van der Waals surface area contributed by atoms with Crippen molar-refractivity contribution < 1.29 is 19.1 Å². The average Bonchev–Trinajstić information content (AvgIpc) is 2.65. The van der Waals surface area contributed by atoms with Gasteiger partial charge in [-0.2, -0.15) is 0 Å². The number of esters is 2. The standard InChI is InChI=1S/C16H23NO4S.2C2H6/c1-5-20-14(18)16(3,15(19)21-6-2)10-11-7-8-13(22-4)12(17)9-11;2*1-2/h7-9H,5-6,10,17H2,1-4H3;2*1-2H3. The first-order chi connectivity index (χ1) is 12.4. The predicted molar refractivity (Wildman–Crippen MR) is 110 cm³/mol. The van der Waals surface area contributed by atoms with Crippen molar-refractivity contribution in [1.29, 1.82) is 0 Å². The van der Waals surface area contributed by atoms with Gasteiger partial charge in [-0.15, -0.1) is 11.8 Å². The van der Waals surface area contributed by atoms with E-state index in [4.69, 9.17) is 15.2 Å². The fraction of sp³-hybridized carbons (Fsp3) is 0.600. The van der Waals surface area contributed by atoms with Gasteiger partial charge in [0.25, 0.3) is 0 Å². The molecule has 26 heavy (non-hydrogen) atoms. The number of rotatable bonds is 7. The van der Waals surface area contributed by atoms with E-state index in [0.717, 1.165) is 10.5 Å². The Morgan fingerprint density at radius 1 is 1.04 bits per heavy atom. The Kier molecular flexibility index (Phi) is 14.8. The minimum absolute atomic E-state index is 0.184. The van der Waals surface area contributed by atoms with Gasteiger partial charge >= 0.3 is 11.9 Å². The molecule has 5 nitrogen and oxygen atoms in total. The number of benzene rings is 1. The lowest BCUT2D eigenvalue weighted by molar-refractivity contribution is -0.170. The maximum absolute atomic E-state index is 12.2. The Morgan fingerprint density at radius 3 is 1.85 bits per heavy atom. The van der Waals surface area contributed by atoms with E-state index in [1.54, 1.807) is 38.6 Å². The van der Waals surface area contributed by atoms with Gasteiger partial charge in [0.1, 0.15) is 0 Å². The summed E-state index contributed by atoms with van der Waals surface area (Å²) in [4.78, 5) is 25.4. The van der Waals surface area contributed by atoms with Crippen LogP contribution in [-0.2, 0) is 25.5 Å². The monoisotopic (exact) mass is 385 g/mol. The highest BCUT2D eigenvalue weighted by atomic mass is 32.2. The quantitative estimate of drug-likeness (QED) is 0.317. The van der Waals surface area contributed by atoms with Crippen LogP contribution in [0, 0.1) is 5.41 Å². The van der Waals surface area contributed by atoms with E-state index in [9.17, 15) is 9.59 Å². The summed E-state index contributed by atoms with van der Waals surface area (Å²) in [6.45, 7) is 13.4. The van der Waals surface area contributed by atoms with E-state index in [-0.39, 0.29) is 19.6 Å². The zero-order chi connectivity index (χ0) is 20.8. The highest BCUT2D eigenvalue weighted by Gasteiger charge is 2.44. The minimum atomic E-state index is -1.38. The minimum Gasteiger partial charge on any atom is -0.465 e. The Bertz CT molecular complexity index is 529. The van der Waals surface area contributed by atoms with Crippen molar-refractivity contribution in [2.45, 2.75) is 59.8 Å². The van der Waals surface area contributed by atoms with Crippen molar-refractivity contribution in [3.63, 3.8) is 0 Å². The van der Waals surface area contributed by atoms with Gasteiger partial charge in [0.05, 0.1) is 13.2 Å². The molecular formula is C20H35NO4S. The number of carbonyl (C=O) groups is 2. The summed E-state index contributed by atoms with van der Waals surface area (Å²) in [6.07, 6.45) is 2.12. The van der Waals surface area contributed by atoms with Crippen LogP contribution >= 0.6 is 11.8 Å². The Balaban J connectivity index is 0. The fourth-order valence-electron chi connectivity index (χ4n) is 2.11. The van der Waals surface area contributed by atoms with Crippen LogP contribution in [0.1, 0.15) is 54.0 Å². The third-order valence-corrected chi connectivity index (χ3v) is 4.12. The molecule has 0 saturated carbocycles. The SMILES string of the molecule is CC.CC.CCOC(=O)C(C)(Cc1ccc(SC)c(N)c1)C(=O)OCC. The van der Waals surface area contributed by atoms with Crippen molar-refractivity contribution in [3.05, 3.63) is 23.8 Å². The molecule has 2 N–H and O–H groups in total. The van der Waals surface area contributed by atoms with Gasteiger partial charge in [-0.05, 0) is 51.1 Å². The molecule has 0 unspecified atom stereocenters. The van der Waals surface area contributed by atoms with E-state index in [1.165, 1.54) is 0 Å². The smallest absolute Gasteiger partial charge is 0.323 e. The lowest BCUT2D eigenvalue weighted by atomic mass is 9.83. The molecule has 0 atom stereocenters. The predicted octanol–water partition coefficient (Wildman–Crippen LogP) is 4.72. The van der Waals surface area contributed by atoms with E-state index < -0.39 is 17.4 Å². The number of hydrogen-bond acceptors (Lipinski definition) is 6. The van der Waals surface area contributed by atoms with Crippen molar-refractivity contribution in [2.24, 2.45) is 5.41 Å². The Hall–Kier alpha value is -1.69. The van der Waals surface area contributed by atoms with Crippen molar-refractivity contribution in [3.8, 4) is 0 Å². The molecular weight excluding hydrogens is 350 g/mol. The molecule has 0 aliphatic heterocycles. The van der Waals surface area contributed by atoms with E-state index >= 15 is 0 Å². The number of nitrogens with two attached hydrogens (primary N) is 1. The summed E-state index contributed by atoms with van der Waals surface area (Å²) in [7, 11) is 0. The average molecular weight is 386 g/mol. The summed E-state index contributed by atoms with van der Waals surface area (Å²) in [5.41, 5.74) is 6.01. The normalized spacial score (nSPS) is 9.85. The van der Waals surface area contributed by atoms with Crippen LogP contribution in [-0.4, -0.2) is 31.4 Å². The maximum atomic E-state index is 12.2. The van der Waals surface area contributed by atoms with Gasteiger partial charge in [0.2, 0.25) is 0 Å². The van der Waals surface area contributed by atoms with Gasteiger partial charge in [-0.1, -0.05) is 33.8 Å². The van der Waals surface area contributed by atoms with Gasteiger partial charge in [0.15, 0.2) is 5.41 Å². The van der Waals surface area contributed by atoms with Gasteiger partial charge < -0.3 is 15.2 Å². The molecule has 1 aromatic carbocycles. The highest BCUT2D eigenvalue weighted by Crippen LogP contribution is 2.30. The largest absolute Gasteiger partial charge is 0.465 e. The number of carbonyl (C=O) groups excluding carboxylic acids is 2. The summed E-state index contributed by atoms with van der Waals surface area (Å²) in [5, 5.41) is 0. The van der Waals surface area contributed by atoms with E-state index in [2.05, 4.69) is 0 Å². The van der Waals surface area contributed by atoms with Gasteiger partial charge in [0, 0.05) is 10.6 Å². The zero-order valence-corrected chi connectivity index (χ0v) is 18.3. The Labute approximate surface area is 163 Å². The van der Waals surface area contributed by atoms with Crippen LogP contribution in [0.2, 0.25) is 0 Å². The second-order valence-electron chi connectivity index (χ2n) is 5.03. The third-order valence-electron chi connectivity index (χ3n) is 3.30. The second-order valence-corrected chi connectivity index (χ2v) is 5.87. The first-order valence-corrected chi connectivity index (χ1v) is 10.4. The first kappa shape index (κ1) is 26.5. The maximum Gasteiger partial charge on any atom is 0.323 e. The van der Waals surface area contributed by atoms with Crippen LogP contribution < -0.4 is 5.73 Å². The van der Waals surface area contributed by atoms with Gasteiger partial charge in [-0.3, -0.25) is 9.59 Å². The molecule has 0 aliphatic carbocycles. The second kappa shape index (κ2) is 14.5. The van der Waals surface area contributed by atoms with Crippen LogP contribution in [0.25, 0.3) is 0 Å². The van der Waals surface area contributed by atoms with Crippen LogP contribution in [0.4, 0.5) is 5.69 Å². The lowest BCUT2D eigenvalue weighted by Gasteiger charge is -2.25. The zero-order valence-electron chi connectivity index (χ0n) is 17.5. The number of ether oxygens (including phenoxy) is 2. The molecule has 0 spiro atoms. The van der Waals surface area contributed by atoms with Crippen molar-refractivity contribution >= 4 is 29.4 Å². The van der Waals surface area contributed by atoms with E-state index in [0.29, 0.717) is 5.69 Å². The molecule has 150 valence electrons. The highest BCUT2D eigenvalue weighted by molar-refractivity contribution is 7.98. The summed E-state index contributed by atoms with van der Waals surface area (Å²) in [5.74, 6) is -1.16. The molecule has 0 saturated heterocycles. The molecule has 1 aromatic rings. The van der Waals surface area contributed by atoms with Crippen LogP contribution in [0.5, 0.6) is 0 Å². The molecule has 0 fully saturated rings. The molecule has 1 rings (SSSR count). The molecule has 0 radical (unpaired) electrons. The van der Waals surface area contributed by atoms with Crippen molar-refractivity contribution in [2.75, 3.05) is 25.2 Å². The summed E-state index contributed by atoms with van der Waals surface area (Å²) >= 11 is 1.54. The van der Waals surface area contributed by atoms with Crippen LogP contribution in [0.15, 0.2) is 23.1 Å². The topological polar surface area (TPSA) is 78.6 Å². The molecule has 0 heterocycles.